The first-order valence-electron chi connectivity index (χ1n) is 5.90. The second-order valence-electron chi connectivity index (χ2n) is 4.77. The van der Waals surface area contributed by atoms with E-state index in [0.717, 1.165) is 13.0 Å². The predicted molar refractivity (Wildman–Crippen MR) is 59.0 cm³/mol. The fourth-order valence-electron chi connectivity index (χ4n) is 2.61. The third kappa shape index (κ3) is 2.36. The Bertz CT molecular complexity index is 272. The van der Waals surface area contributed by atoms with Gasteiger partial charge in [0.25, 0.3) is 0 Å². The van der Waals surface area contributed by atoms with Crippen molar-refractivity contribution in [3.8, 4) is 0 Å². The average Bonchev–Trinajstić information content (AvgIpc) is 2.62. The molecule has 0 saturated carbocycles. The standard InChI is InChI=1S/C11H20N2O3/c1-12-7-10(15)13-4-3-11(8-13)6-9(14)2-5-16-11/h9,12,14H,2-8H2,1H3/t9-,11+/m1/s1. The van der Waals surface area contributed by atoms with Gasteiger partial charge >= 0.3 is 0 Å². The Kier molecular flexibility index (Phi) is 3.47. The van der Waals surface area contributed by atoms with Crippen LogP contribution >= 0.6 is 0 Å². The highest BCUT2D eigenvalue weighted by molar-refractivity contribution is 5.78. The van der Waals surface area contributed by atoms with Crippen LogP contribution in [0.15, 0.2) is 0 Å². The Hall–Kier alpha value is -0.650. The van der Waals surface area contributed by atoms with Crippen LogP contribution in [0.4, 0.5) is 0 Å². The van der Waals surface area contributed by atoms with E-state index in [2.05, 4.69) is 5.32 Å². The zero-order valence-corrected chi connectivity index (χ0v) is 9.74. The fraction of sp³-hybridized carbons (Fsp3) is 0.909. The lowest BCUT2D eigenvalue weighted by Gasteiger charge is -2.36. The van der Waals surface area contributed by atoms with E-state index < -0.39 is 0 Å². The molecule has 1 spiro atoms. The molecular weight excluding hydrogens is 208 g/mol. The minimum absolute atomic E-state index is 0.114. The van der Waals surface area contributed by atoms with Gasteiger partial charge in [0, 0.05) is 26.1 Å². The fourth-order valence-corrected chi connectivity index (χ4v) is 2.61. The second kappa shape index (κ2) is 4.69. The first-order chi connectivity index (χ1) is 7.65. The zero-order chi connectivity index (χ0) is 11.6. The average molecular weight is 228 g/mol. The van der Waals surface area contributed by atoms with Gasteiger partial charge in [-0.3, -0.25) is 4.79 Å². The van der Waals surface area contributed by atoms with Crippen molar-refractivity contribution in [1.29, 1.82) is 0 Å². The minimum Gasteiger partial charge on any atom is -0.393 e. The van der Waals surface area contributed by atoms with Crippen molar-refractivity contribution in [3.05, 3.63) is 0 Å². The van der Waals surface area contributed by atoms with E-state index in [1.807, 2.05) is 4.90 Å². The summed E-state index contributed by atoms with van der Waals surface area (Å²) in [6.45, 7) is 2.35. The molecule has 0 radical (unpaired) electrons. The minimum atomic E-state index is -0.277. The molecule has 1 amide bonds. The number of amides is 1. The Morgan fingerprint density at radius 3 is 3.19 bits per heavy atom. The topological polar surface area (TPSA) is 61.8 Å². The quantitative estimate of drug-likeness (QED) is 0.659. The molecule has 0 aromatic rings. The largest absolute Gasteiger partial charge is 0.393 e. The molecule has 0 aliphatic carbocycles. The molecule has 2 fully saturated rings. The van der Waals surface area contributed by atoms with E-state index in [1.54, 1.807) is 7.05 Å². The lowest BCUT2D eigenvalue weighted by atomic mass is 9.91. The Labute approximate surface area is 95.8 Å². The molecule has 2 heterocycles. The zero-order valence-electron chi connectivity index (χ0n) is 9.74. The number of likely N-dealkylation sites (N-methyl/N-ethyl adjacent to an activating group) is 1. The van der Waals surface area contributed by atoms with E-state index in [9.17, 15) is 9.90 Å². The molecule has 0 aromatic heterocycles. The van der Waals surface area contributed by atoms with E-state index in [-0.39, 0.29) is 17.6 Å². The summed E-state index contributed by atoms with van der Waals surface area (Å²) < 4.78 is 5.78. The van der Waals surface area contributed by atoms with E-state index in [4.69, 9.17) is 4.74 Å². The summed E-state index contributed by atoms with van der Waals surface area (Å²) in [6, 6.07) is 0. The molecule has 0 bridgehead atoms. The van der Waals surface area contributed by atoms with Crippen molar-refractivity contribution in [3.63, 3.8) is 0 Å². The summed E-state index contributed by atoms with van der Waals surface area (Å²) in [5, 5.41) is 12.5. The summed E-state index contributed by atoms with van der Waals surface area (Å²) in [6.07, 6.45) is 1.95. The van der Waals surface area contributed by atoms with E-state index >= 15 is 0 Å². The van der Waals surface area contributed by atoms with Crippen LogP contribution in [0.3, 0.4) is 0 Å². The SMILES string of the molecule is CNCC(=O)N1CC[C@]2(C[C@H](O)CCO2)C1. The highest BCUT2D eigenvalue weighted by Crippen LogP contribution is 2.34. The van der Waals surface area contributed by atoms with Gasteiger partial charge in [0.1, 0.15) is 0 Å². The van der Waals surface area contributed by atoms with Crippen molar-refractivity contribution in [1.82, 2.24) is 10.2 Å². The van der Waals surface area contributed by atoms with Crippen molar-refractivity contribution >= 4 is 5.91 Å². The molecule has 2 N–H and O–H groups in total. The van der Waals surface area contributed by atoms with Crippen molar-refractivity contribution in [2.45, 2.75) is 31.0 Å². The summed E-state index contributed by atoms with van der Waals surface area (Å²) >= 11 is 0. The Morgan fingerprint density at radius 1 is 1.69 bits per heavy atom. The maximum atomic E-state index is 11.7. The van der Waals surface area contributed by atoms with Crippen LogP contribution in [0.25, 0.3) is 0 Å². The number of ether oxygens (including phenoxy) is 1. The lowest BCUT2D eigenvalue weighted by molar-refractivity contribution is -0.135. The second-order valence-corrected chi connectivity index (χ2v) is 4.77. The highest BCUT2D eigenvalue weighted by Gasteiger charge is 2.44. The van der Waals surface area contributed by atoms with Gasteiger partial charge in [0.2, 0.25) is 5.91 Å². The number of aliphatic hydroxyl groups excluding tert-OH is 1. The molecule has 16 heavy (non-hydrogen) atoms. The monoisotopic (exact) mass is 228 g/mol. The van der Waals surface area contributed by atoms with E-state index in [1.165, 1.54) is 0 Å². The summed E-state index contributed by atoms with van der Waals surface area (Å²) in [4.78, 5) is 13.5. The van der Waals surface area contributed by atoms with Gasteiger partial charge in [-0.1, -0.05) is 0 Å². The van der Waals surface area contributed by atoms with Gasteiger partial charge in [0.05, 0.1) is 18.2 Å². The Balaban J connectivity index is 1.93. The van der Waals surface area contributed by atoms with Gasteiger partial charge in [-0.15, -0.1) is 0 Å². The maximum Gasteiger partial charge on any atom is 0.236 e. The van der Waals surface area contributed by atoms with Crippen LogP contribution in [0.5, 0.6) is 0 Å². The molecule has 5 nitrogen and oxygen atoms in total. The molecule has 2 aliphatic heterocycles. The third-order valence-electron chi connectivity index (χ3n) is 3.46. The van der Waals surface area contributed by atoms with Crippen molar-refractivity contribution < 1.29 is 14.6 Å². The normalized spacial score (nSPS) is 34.6. The van der Waals surface area contributed by atoms with Gasteiger partial charge in [-0.25, -0.2) is 0 Å². The van der Waals surface area contributed by atoms with Crippen LogP contribution in [0.2, 0.25) is 0 Å². The first kappa shape index (κ1) is 11.8. The number of nitrogens with zero attached hydrogens (tertiary/aromatic N) is 1. The van der Waals surface area contributed by atoms with Crippen LogP contribution in [-0.4, -0.2) is 60.9 Å². The summed E-state index contributed by atoms with van der Waals surface area (Å²) in [7, 11) is 1.77. The first-order valence-corrected chi connectivity index (χ1v) is 5.90. The molecular formula is C11H20N2O3. The molecule has 0 aromatic carbocycles. The molecule has 92 valence electrons. The number of carbonyl (C=O) groups is 1. The van der Waals surface area contributed by atoms with E-state index in [0.29, 0.717) is 32.5 Å². The summed E-state index contributed by atoms with van der Waals surface area (Å²) in [5.74, 6) is 0.114. The summed E-state index contributed by atoms with van der Waals surface area (Å²) in [5.41, 5.74) is -0.277. The predicted octanol–water partition coefficient (Wildman–Crippen LogP) is -0.652. The van der Waals surface area contributed by atoms with Gasteiger partial charge in [-0.2, -0.15) is 0 Å². The molecule has 2 aliphatic rings. The van der Waals surface area contributed by atoms with Gasteiger partial charge < -0.3 is 20.1 Å². The van der Waals surface area contributed by atoms with Crippen molar-refractivity contribution in [2.75, 3.05) is 33.3 Å². The molecule has 2 rings (SSSR count). The molecule has 5 heteroatoms. The van der Waals surface area contributed by atoms with Crippen LogP contribution in [0, 0.1) is 0 Å². The third-order valence-corrected chi connectivity index (χ3v) is 3.46. The number of carbonyl (C=O) groups excluding carboxylic acids is 1. The smallest absolute Gasteiger partial charge is 0.236 e. The molecule has 2 saturated heterocycles. The van der Waals surface area contributed by atoms with Gasteiger partial charge in [0.15, 0.2) is 0 Å². The number of aliphatic hydroxyl groups is 1. The van der Waals surface area contributed by atoms with Crippen LogP contribution < -0.4 is 5.32 Å². The van der Waals surface area contributed by atoms with Crippen LogP contribution in [0.1, 0.15) is 19.3 Å². The number of hydrogen-bond donors (Lipinski definition) is 2. The number of nitrogens with one attached hydrogen (secondary N) is 1. The number of rotatable bonds is 2. The van der Waals surface area contributed by atoms with Crippen LogP contribution in [-0.2, 0) is 9.53 Å². The molecule has 2 atom stereocenters. The Morgan fingerprint density at radius 2 is 2.50 bits per heavy atom. The lowest BCUT2D eigenvalue weighted by Crippen LogP contribution is -2.45. The maximum absolute atomic E-state index is 11.7. The molecule has 0 unspecified atom stereocenters. The highest BCUT2D eigenvalue weighted by atomic mass is 16.5. The number of likely N-dealkylation sites (tertiary alicyclic amines) is 1. The van der Waals surface area contributed by atoms with Gasteiger partial charge in [-0.05, 0) is 19.9 Å². The van der Waals surface area contributed by atoms with Crippen molar-refractivity contribution in [2.24, 2.45) is 0 Å². The number of hydrogen-bond acceptors (Lipinski definition) is 4.